The molecule has 1 aromatic carbocycles. The second kappa shape index (κ2) is 5.54. The molecule has 2 aliphatic heterocycles. The third-order valence-electron chi connectivity index (χ3n) is 4.11. The van der Waals surface area contributed by atoms with E-state index in [0.717, 1.165) is 4.90 Å². The van der Waals surface area contributed by atoms with E-state index in [-0.39, 0.29) is 30.1 Å². The van der Waals surface area contributed by atoms with Gasteiger partial charge in [-0.15, -0.1) is 0 Å². The van der Waals surface area contributed by atoms with Crippen molar-refractivity contribution in [2.75, 3.05) is 14.2 Å². The van der Waals surface area contributed by atoms with Crippen LogP contribution in [-0.2, 0) is 9.59 Å². The van der Waals surface area contributed by atoms with Gasteiger partial charge in [-0.1, -0.05) is 0 Å². The lowest BCUT2D eigenvalue weighted by molar-refractivity contribution is -0.139. The highest BCUT2D eigenvalue weighted by Crippen LogP contribution is 2.43. The van der Waals surface area contributed by atoms with E-state index in [0.29, 0.717) is 11.3 Å². The topological polar surface area (TPSA) is 105 Å². The van der Waals surface area contributed by atoms with Crippen LogP contribution in [0.25, 0.3) is 0 Å². The van der Waals surface area contributed by atoms with Gasteiger partial charge in [-0.05, 0) is 18.6 Å². The summed E-state index contributed by atoms with van der Waals surface area (Å²) in [6, 6.07) is 2.24. The van der Waals surface area contributed by atoms with Gasteiger partial charge in [-0.2, -0.15) is 0 Å². The lowest BCUT2D eigenvalue weighted by Crippen LogP contribution is -2.53. The van der Waals surface area contributed by atoms with Crippen molar-refractivity contribution in [3.63, 3.8) is 0 Å². The Morgan fingerprint density at radius 1 is 1.22 bits per heavy atom. The van der Waals surface area contributed by atoms with Crippen molar-refractivity contribution in [1.82, 2.24) is 10.2 Å². The Hall–Kier alpha value is -2.61. The molecule has 2 aliphatic rings. The first kappa shape index (κ1) is 15.3. The number of amides is 3. The van der Waals surface area contributed by atoms with Gasteiger partial charge in [0.15, 0.2) is 17.7 Å². The van der Waals surface area contributed by atoms with Crippen LogP contribution in [0.1, 0.15) is 35.0 Å². The van der Waals surface area contributed by atoms with Gasteiger partial charge in [-0.25, -0.2) is 0 Å². The molecule has 1 aromatic rings. The van der Waals surface area contributed by atoms with Crippen LogP contribution in [0.3, 0.4) is 0 Å². The van der Waals surface area contributed by atoms with Gasteiger partial charge in [0.1, 0.15) is 6.04 Å². The average molecular weight is 320 g/mol. The molecular formula is C15H16N2O6. The van der Waals surface area contributed by atoms with E-state index in [1.807, 2.05) is 0 Å². The Labute approximate surface area is 132 Å². The lowest BCUT2D eigenvalue weighted by Gasteiger charge is -2.31. The number of fused-ring (bicyclic) bond motifs is 1. The number of nitrogens with zero attached hydrogens (tertiary/aromatic N) is 1. The lowest BCUT2D eigenvalue weighted by atomic mass is 10.0. The van der Waals surface area contributed by atoms with E-state index in [1.54, 1.807) is 12.1 Å². The number of carbonyl (C=O) groups is 3. The summed E-state index contributed by atoms with van der Waals surface area (Å²) in [7, 11) is 2.84. The molecule has 2 heterocycles. The second-order valence-corrected chi connectivity index (χ2v) is 5.32. The summed E-state index contributed by atoms with van der Waals surface area (Å²) in [5.41, 5.74) is 0.515. The Balaban J connectivity index is 2.02. The number of aliphatic hydroxyl groups is 1. The molecule has 2 unspecified atom stereocenters. The fraction of sp³-hybridized carbons (Fsp3) is 0.400. The summed E-state index contributed by atoms with van der Waals surface area (Å²) >= 11 is 0. The highest BCUT2D eigenvalue weighted by atomic mass is 16.5. The second-order valence-electron chi connectivity index (χ2n) is 5.32. The molecule has 0 aliphatic carbocycles. The third-order valence-corrected chi connectivity index (χ3v) is 4.11. The average Bonchev–Trinajstić information content (AvgIpc) is 2.78. The van der Waals surface area contributed by atoms with Crippen molar-refractivity contribution in [3.05, 3.63) is 23.3 Å². The van der Waals surface area contributed by atoms with Crippen LogP contribution in [0, 0.1) is 0 Å². The number of piperidine rings is 1. The molecule has 0 spiro atoms. The maximum absolute atomic E-state index is 12.7. The molecule has 0 aromatic heterocycles. The zero-order valence-corrected chi connectivity index (χ0v) is 12.7. The summed E-state index contributed by atoms with van der Waals surface area (Å²) < 4.78 is 10.4. The van der Waals surface area contributed by atoms with Gasteiger partial charge in [-0.3, -0.25) is 24.6 Å². The molecule has 0 saturated carbocycles. The van der Waals surface area contributed by atoms with E-state index in [4.69, 9.17) is 9.47 Å². The van der Waals surface area contributed by atoms with Crippen LogP contribution in [0.4, 0.5) is 0 Å². The van der Waals surface area contributed by atoms with Crippen LogP contribution < -0.4 is 14.8 Å². The number of nitrogens with one attached hydrogen (secondary N) is 1. The van der Waals surface area contributed by atoms with Gasteiger partial charge in [0.25, 0.3) is 5.91 Å². The summed E-state index contributed by atoms with van der Waals surface area (Å²) in [5, 5.41) is 12.7. The zero-order chi connectivity index (χ0) is 16.7. The molecule has 2 atom stereocenters. The highest BCUT2D eigenvalue weighted by molar-refractivity contribution is 6.07. The summed E-state index contributed by atoms with van der Waals surface area (Å²) in [4.78, 5) is 37.1. The van der Waals surface area contributed by atoms with Gasteiger partial charge < -0.3 is 14.6 Å². The number of ether oxygens (including phenoxy) is 2. The summed E-state index contributed by atoms with van der Waals surface area (Å²) in [6.07, 6.45) is -0.994. The van der Waals surface area contributed by atoms with Crippen LogP contribution >= 0.6 is 0 Å². The van der Waals surface area contributed by atoms with Crippen LogP contribution in [0.15, 0.2) is 12.1 Å². The predicted octanol–water partition coefficient (Wildman–Crippen LogP) is -0.0443. The third kappa shape index (κ3) is 2.22. The molecule has 0 radical (unpaired) electrons. The molecule has 23 heavy (non-hydrogen) atoms. The normalized spacial score (nSPS) is 23.6. The predicted molar refractivity (Wildman–Crippen MR) is 76.8 cm³/mol. The van der Waals surface area contributed by atoms with E-state index in [1.165, 1.54) is 14.2 Å². The Morgan fingerprint density at radius 3 is 2.57 bits per heavy atom. The van der Waals surface area contributed by atoms with Crippen LogP contribution in [-0.4, -0.2) is 48.0 Å². The minimum Gasteiger partial charge on any atom is -0.493 e. The van der Waals surface area contributed by atoms with E-state index < -0.39 is 24.1 Å². The first-order chi connectivity index (χ1) is 11.0. The molecule has 3 amide bonds. The van der Waals surface area contributed by atoms with Crippen molar-refractivity contribution in [1.29, 1.82) is 0 Å². The van der Waals surface area contributed by atoms with Crippen molar-refractivity contribution < 1.29 is 29.0 Å². The monoisotopic (exact) mass is 320 g/mol. The number of rotatable bonds is 3. The van der Waals surface area contributed by atoms with Crippen molar-refractivity contribution in [2.45, 2.75) is 25.1 Å². The quantitative estimate of drug-likeness (QED) is 0.757. The summed E-state index contributed by atoms with van der Waals surface area (Å²) in [6.45, 7) is 0. The molecule has 2 N–H and O–H groups in total. The van der Waals surface area contributed by atoms with Crippen molar-refractivity contribution in [2.24, 2.45) is 0 Å². The number of hydrogen-bond acceptors (Lipinski definition) is 6. The SMILES string of the molecule is COc1ccc2c(c1OC)C(=O)N(C1CCC(=O)NC1=O)C2O. The summed E-state index contributed by atoms with van der Waals surface area (Å²) in [5.74, 6) is -0.935. The van der Waals surface area contributed by atoms with Crippen molar-refractivity contribution >= 4 is 17.7 Å². The molecule has 1 saturated heterocycles. The number of carbonyl (C=O) groups excluding carboxylic acids is 3. The fourth-order valence-electron chi connectivity index (χ4n) is 3.03. The van der Waals surface area contributed by atoms with Crippen molar-refractivity contribution in [3.8, 4) is 11.5 Å². The fourth-order valence-corrected chi connectivity index (χ4v) is 3.03. The minimum absolute atomic E-state index is 0.115. The molecule has 8 heteroatoms. The minimum atomic E-state index is -1.28. The highest BCUT2D eigenvalue weighted by Gasteiger charge is 2.46. The van der Waals surface area contributed by atoms with Crippen LogP contribution in [0.5, 0.6) is 11.5 Å². The largest absolute Gasteiger partial charge is 0.493 e. The number of aliphatic hydroxyl groups excluding tert-OH is 1. The maximum Gasteiger partial charge on any atom is 0.261 e. The van der Waals surface area contributed by atoms with E-state index >= 15 is 0 Å². The Kier molecular flexibility index (Phi) is 3.69. The molecule has 8 nitrogen and oxygen atoms in total. The van der Waals surface area contributed by atoms with Gasteiger partial charge in [0.05, 0.1) is 19.8 Å². The van der Waals surface area contributed by atoms with Gasteiger partial charge in [0.2, 0.25) is 11.8 Å². The maximum atomic E-state index is 12.7. The molecule has 3 rings (SSSR count). The number of benzene rings is 1. The molecule has 1 fully saturated rings. The first-order valence-corrected chi connectivity index (χ1v) is 7.09. The van der Waals surface area contributed by atoms with E-state index in [9.17, 15) is 19.5 Å². The molecular weight excluding hydrogens is 304 g/mol. The Morgan fingerprint density at radius 2 is 1.96 bits per heavy atom. The zero-order valence-electron chi connectivity index (χ0n) is 12.7. The number of methoxy groups -OCH3 is 2. The first-order valence-electron chi connectivity index (χ1n) is 7.09. The number of imide groups is 1. The van der Waals surface area contributed by atoms with Crippen LogP contribution in [0.2, 0.25) is 0 Å². The standard InChI is InChI=1S/C15H16N2O6/c1-22-9-5-3-7-11(12(9)23-2)15(21)17(14(7)20)8-4-6-10(18)16-13(8)19/h3,5,8,14,20H,4,6H2,1-2H3,(H,16,18,19). The van der Waals surface area contributed by atoms with E-state index in [2.05, 4.69) is 5.32 Å². The van der Waals surface area contributed by atoms with Gasteiger partial charge >= 0.3 is 0 Å². The molecule has 122 valence electrons. The Bertz CT molecular complexity index is 701. The number of hydrogen-bond donors (Lipinski definition) is 2. The van der Waals surface area contributed by atoms with Gasteiger partial charge in [0, 0.05) is 12.0 Å². The smallest absolute Gasteiger partial charge is 0.261 e. The molecule has 0 bridgehead atoms.